The molecule has 84 valence electrons. The summed E-state index contributed by atoms with van der Waals surface area (Å²) in [6.45, 7) is 4.55. The van der Waals surface area contributed by atoms with E-state index in [4.69, 9.17) is 4.74 Å². The summed E-state index contributed by atoms with van der Waals surface area (Å²) in [7, 11) is 0. The zero-order valence-corrected chi connectivity index (χ0v) is 9.29. The molecule has 0 heterocycles. The summed E-state index contributed by atoms with van der Waals surface area (Å²) in [5, 5.41) is 9.37. The first-order valence-electron chi connectivity index (χ1n) is 5.57. The molecular weight excluding hydrogens is 180 g/mol. The van der Waals surface area contributed by atoms with Gasteiger partial charge in [-0.2, -0.15) is 0 Å². The second-order valence-corrected chi connectivity index (χ2v) is 3.53. The van der Waals surface area contributed by atoms with Gasteiger partial charge >= 0.3 is 5.97 Å². The standard InChI is InChI=1S/C11H22O3/c1-3-5-7-8-10(12)11(13)14-9-6-4-2/h10,12H,3-9H2,1-2H3. The molecular formula is C11H22O3. The van der Waals surface area contributed by atoms with Gasteiger partial charge in [-0.3, -0.25) is 0 Å². The number of unbranched alkanes of at least 4 members (excludes halogenated alkanes) is 3. The Morgan fingerprint density at radius 1 is 1.21 bits per heavy atom. The Morgan fingerprint density at radius 3 is 2.43 bits per heavy atom. The Morgan fingerprint density at radius 2 is 1.86 bits per heavy atom. The molecule has 0 saturated heterocycles. The SMILES string of the molecule is CCCCCC(O)C(=O)OCCCC. The van der Waals surface area contributed by atoms with Crippen molar-refractivity contribution in [2.75, 3.05) is 6.61 Å². The van der Waals surface area contributed by atoms with E-state index in [0.717, 1.165) is 32.1 Å². The normalized spacial score (nSPS) is 12.5. The average Bonchev–Trinajstić information content (AvgIpc) is 2.18. The average molecular weight is 202 g/mol. The van der Waals surface area contributed by atoms with E-state index in [9.17, 15) is 9.90 Å². The van der Waals surface area contributed by atoms with Gasteiger partial charge in [-0.25, -0.2) is 4.79 Å². The third kappa shape index (κ3) is 6.89. The zero-order chi connectivity index (χ0) is 10.8. The van der Waals surface area contributed by atoms with Gasteiger partial charge in [0.2, 0.25) is 0 Å². The molecule has 0 saturated carbocycles. The number of ether oxygens (including phenoxy) is 1. The molecule has 0 aliphatic rings. The molecule has 0 aromatic heterocycles. The number of aliphatic hydroxyl groups excluding tert-OH is 1. The minimum atomic E-state index is -0.918. The molecule has 1 atom stereocenters. The van der Waals surface area contributed by atoms with E-state index in [0.29, 0.717) is 13.0 Å². The van der Waals surface area contributed by atoms with Crippen molar-refractivity contribution in [2.45, 2.75) is 58.5 Å². The van der Waals surface area contributed by atoms with Crippen molar-refractivity contribution in [2.24, 2.45) is 0 Å². The lowest BCUT2D eigenvalue weighted by Gasteiger charge is -2.09. The van der Waals surface area contributed by atoms with Crippen LogP contribution in [0.4, 0.5) is 0 Å². The molecule has 1 unspecified atom stereocenters. The highest BCUT2D eigenvalue weighted by Gasteiger charge is 2.15. The second-order valence-electron chi connectivity index (χ2n) is 3.53. The molecule has 0 bridgehead atoms. The van der Waals surface area contributed by atoms with E-state index in [-0.39, 0.29) is 0 Å². The maximum absolute atomic E-state index is 11.1. The first-order chi connectivity index (χ1) is 6.72. The van der Waals surface area contributed by atoms with Crippen LogP contribution in [0.15, 0.2) is 0 Å². The molecule has 0 aliphatic carbocycles. The van der Waals surface area contributed by atoms with Crippen molar-refractivity contribution in [3.63, 3.8) is 0 Å². The second kappa shape index (κ2) is 9.00. The fraction of sp³-hybridized carbons (Fsp3) is 0.909. The highest BCUT2D eigenvalue weighted by molar-refractivity contribution is 5.74. The zero-order valence-electron chi connectivity index (χ0n) is 9.29. The molecule has 3 nitrogen and oxygen atoms in total. The monoisotopic (exact) mass is 202 g/mol. The van der Waals surface area contributed by atoms with Crippen molar-refractivity contribution in [1.29, 1.82) is 0 Å². The molecule has 0 aliphatic heterocycles. The summed E-state index contributed by atoms with van der Waals surface area (Å²) in [6.07, 6.45) is 4.52. The van der Waals surface area contributed by atoms with E-state index in [1.54, 1.807) is 0 Å². The fourth-order valence-corrected chi connectivity index (χ4v) is 1.12. The van der Waals surface area contributed by atoms with E-state index in [1.165, 1.54) is 0 Å². The Hall–Kier alpha value is -0.570. The quantitative estimate of drug-likeness (QED) is 0.485. The predicted octanol–water partition coefficient (Wildman–Crippen LogP) is 2.27. The molecule has 0 spiro atoms. The lowest BCUT2D eigenvalue weighted by Crippen LogP contribution is -2.23. The van der Waals surface area contributed by atoms with Crippen molar-refractivity contribution < 1.29 is 14.6 Å². The summed E-state index contributed by atoms with van der Waals surface area (Å²) >= 11 is 0. The third-order valence-electron chi connectivity index (χ3n) is 2.10. The van der Waals surface area contributed by atoms with Crippen LogP contribution < -0.4 is 0 Å². The van der Waals surface area contributed by atoms with Crippen LogP contribution in [0.2, 0.25) is 0 Å². The highest BCUT2D eigenvalue weighted by Crippen LogP contribution is 2.05. The van der Waals surface area contributed by atoms with Gasteiger partial charge in [-0.1, -0.05) is 39.5 Å². The molecule has 0 aromatic carbocycles. The largest absolute Gasteiger partial charge is 0.464 e. The number of carbonyl (C=O) groups is 1. The number of carbonyl (C=O) groups excluding carboxylic acids is 1. The summed E-state index contributed by atoms with van der Waals surface area (Å²) in [6, 6.07) is 0. The summed E-state index contributed by atoms with van der Waals surface area (Å²) in [4.78, 5) is 11.1. The van der Waals surface area contributed by atoms with Crippen LogP contribution in [0, 0.1) is 0 Å². The van der Waals surface area contributed by atoms with Crippen LogP contribution in [-0.2, 0) is 9.53 Å². The van der Waals surface area contributed by atoms with E-state index >= 15 is 0 Å². The van der Waals surface area contributed by atoms with Crippen LogP contribution in [0.25, 0.3) is 0 Å². The minimum Gasteiger partial charge on any atom is -0.464 e. The molecule has 0 radical (unpaired) electrons. The molecule has 0 rings (SSSR count). The molecule has 1 N–H and O–H groups in total. The lowest BCUT2D eigenvalue weighted by molar-refractivity contribution is -0.154. The molecule has 14 heavy (non-hydrogen) atoms. The fourth-order valence-electron chi connectivity index (χ4n) is 1.12. The van der Waals surface area contributed by atoms with Crippen LogP contribution >= 0.6 is 0 Å². The van der Waals surface area contributed by atoms with E-state index in [2.05, 4.69) is 6.92 Å². The summed E-state index contributed by atoms with van der Waals surface area (Å²) < 4.78 is 4.89. The first kappa shape index (κ1) is 13.4. The van der Waals surface area contributed by atoms with Gasteiger partial charge in [0.15, 0.2) is 6.10 Å². The summed E-state index contributed by atoms with van der Waals surface area (Å²) in [5.41, 5.74) is 0. The number of hydrogen-bond donors (Lipinski definition) is 1. The third-order valence-corrected chi connectivity index (χ3v) is 2.10. The van der Waals surface area contributed by atoms with Gasteiger partial charge in [0.25, 0.3) is 0 Å². The van der Waals surface area contributed by atoms with E-state index < -0.39 is 12.1 Å². The minimum absolute atomic E-state index is 0.431. The Labute approximate surface area is 86.5 Å². The van der Waals surface area contributed by atoms with E-state index in [1.807, 2.05) is 6.92 Å². The predicted molar refractivity (Wildman–Crippen MR) is 56.0 cm³/mol. The highest BCUT2D eigenvalue weighted by atomic mass is 16.5. The number of esters is 1. The number of aliphatic hydroxyl groups is 1. The van der Waals surface area contributed by atoms with Gasteiger partial charge in [-0.05, 0) is 12.8 Å². The van der Waals surface area contributed by atoms with Crippen molar-refractivity contribution in [3.05, 3.63) is 0 Å². The van der Waals surface area contributed by atoms with Crippen LogP contribution in [0.5, 0.6) is 0 Å². The van der Waals surface area contributed by atoms with Gasteiger partial charge in [0.05, 0.1) is 6.61 Å². The van der Waals surface area contributed by atoms with Crippen molar-refractivity contribution in [1.82, 2.24) is 0 Å². The van der Waals surface area contributed by atoms with Gasteiger partial charge in [-0.15, -0.1) is 0 Å². The van der Waals surface area contributed by atoms with Crippen LogP contribution in [-0.4, -0.2) is 23.8 Å². The van der Waals surface area contributed by atoms with Crippen LogP contribution in [0.3, 0.4) is 0 Å². The number of rotatable bonds is 8. The Balaban J connectivity index is 3.44. The van der Waals surface area contributed by atoms with Crippen molar-refractivity contribution >= 4 is 5.97 Å². The van der Waals surface area contributed by atoms with Gasteiger partial charge < -0.3 is 9.84 Å². The van der Waals surface area contributed by atoms with Gasteiger partial charge in [0, 0.05) is 0 Å². The summed E-state index contributed by atoms with van der Waals surface area (Å²) in [5.74, 6) is -0.463. The Kier molecular flexibility index (Phi) is 8.64. The Bertz CT molecular complexity index is 145. The smallest absolute Gasteiger partial charge is 0.334 e. The molecule has 0 amide bonds. The number of hydrogen-bond acceptors (Lipinski definition) is 3. The molecule has 3 heteroatoms. The van der Waals surface area contributed by atoms with Crippen molar-refractivity contribution in [3.8, 4) is 0 Å². The topological polar surface area (TPSA) is 46.5 Å². The van der Waals surface area contributed by atoms with Gasteiger partial charge in [0.1, 0.15) is 0 Å². The lowest BCUT2D eigenvalue weighted by atomic mass is 10.1. The molecule has 0 fully saturated rings. The molecule has 0 aromatic rings. The maximum atomic E-state index is 11.1. The first-order valence-corrected chi connectivity index (χ1v) is 5.57. The maximum Gasteiger partial charge on any atom is 0.334 e. The van der Waals surface area contributed by atoms with Crippen LogP contribution in [0.1, 0.15) is 52.4 Å².